The van der Waals surface area contributed by atoms with E-state index in [0.717, 1.165) is 23.8 Å². The second-order valence-electron chi connectivity index (χ2n) is 7.17. The summed E-state index contributed by atoms with van der Waals surface area (Å²) in [6.07, 6.45) is -2.00. The Labute approximate surface area is 209 Å². The van der Waals surface area contributed by atoms with E-state index in [-0.39, 0.29) is 10.7 Å². The molecule has 0 aliphatic carbocycles. The van der Waals surface area contributed by atoms with Gasteiger partial charge in [-0.25, -0.2) is 4.79 Å². The first-order valence-corrected chi connectivity index (χ1v) is 10.8. The van der Waals surface area contributed by atoms with Crippen molar-refractivity contribution in [1.29, 1.82) is 0 Å². The van der Waals surface area contributed by atoms with Gasteiger partial charge in [0.15, 0.2) is 6.61 Å². The molecule has 0 heterocycles. The van der Waals surface area contributed by atoms with Gasteiger partial charge in [-0.2, -0.15) is 13.2 Å². The summed E-state index contributed by atoms with van der Waals surface area (Å²) < 4.78 is 48.9. The molecule has 3 aromatic rings. The predicted octanol–water partition coefficient (Wildman–Crippen LogP) is 6.79. The lowest BCUT2D eigenvalue weighted by atomic mass is 10.2. The largest absolute Gasteiger partial charge is 0.489 e. The summed E-state index contributed by atoms with van der Waals surface area (Å²) in [5.41, 5.74) is 0.427. The lowest BCUT2D eigenvalue weighted by molar-refractivity contribution is -0.142. The Morgan fingerprint density at radius 1 is 0.943 bits per heavy atom. The molecule has 0 unspecified atom stereocenters. The van der Waals surface area contributed by atoms with E-state index in [4.69, 9.17) is 32.7 Å². The second kappa shape index (κ2) is 11.8. The molecule has 3 rings (SSSR count). The van der Waals surface area contributed by atoms with Crippen LogP contribution < -0.4 is 10.1 Å². The number of alkyl halides is 3. The average molecular weight is 524 g/mol. The van der Waals surface area contributed by atoms with Crippen molar-refractivity contribution >= 4 is 46.8 Å². The smallest absolute Gasteiger partial charge is 0.416 e. The summed E-state index contributed by atoms with van der Waals surface area (Å²) in [5, 5.41) is 2.75. The van der Waals surface area contributed by atoms with Gasteiger partial charge in [0.25, 0.3) is 5.91 Å². The topological polar surface area (TPSA) is 64.6 Å². The monoisotopic (exact) mass is 523 g/mol. The molecule has 0 aliphatic heterocycles. The molecule has 0 saturated heterocycles. The molecule has 0 aliphatic rings. The molecule has 5 nitrogen and oxygen atoms in total. The first-order valence-electron chi connectivity index (χ1n) is 10.1. The molecule has 0 fully saturated rings. The molecule has 1 N–H and O–H groups in total. The van der Waals surface area contributed by atoms with Gasteiger partial charge in [0.2, 0.25) is 0 Å². The maximum atomic E-state index is 12.8. The van der Waals surface area contributed by atoms with Crippen LogP contribution in [-0.2, 0) is 27.1 Å². The van der Waals surface area contributed by atoms with Crippen LogP contribution in [0.3, 0.4) is 0 Å². The molecule has 182 valence electrons. The standard InChI is InChI=1S/C25H18Cl2F3NO4/c26-19-7-1-17(2-8-19)14-34-20-9-3-16(4-10-20)5-12-24(33)35-15-23(32)31-22-13-18(25(28,29)30)6-11-21(22)27/h1-13H,14-15H2,(H,31,32). The van der Waals surface area contributed by atoms with Gasteiger partial charge in [0.05, 0.1) is 16.3 Å². The maximum Gasteiger partial charge on any atom is 0.416 e. The SMILES string of the molecule is O=C(COC(=O)C=Cc1ccc(OCc2ccc(Cl)cc2)cc1)Nc1cc(C(F)(F)F)ccc1Cl. The van der Waals surface area contributed by atoms with Gasteiger partial charge in [-0.1, -0.05) is 47.5 Å². The number of carbonyl (C=O) groups is 2. The van der Waals surface area contributed by atoms with E-state index in [1.165, 1.54) is 6.08 Å². The third-order valence-electron chi connectivity index (χ3n) is 4.52. The van der Waals surface area contributed by atoms with Crippen LogP contribution in [0, 0.1) is 0 Å². The van der Waals surface area contributed by atoms with E-state index in [1.54, 1.807) is 36.4 Å². The minimum absolute atomic E-state index is 0.0850. The van der Waals surface area contributed by atoms with Crippen molar-refractivity contribution < 1.29 is 32.2 Å². The van der Waals surface area contributed by atoms with Crippen molar-refractivity contribution in [3.8, 4) is 5.75 Å². The number of hydrogen-bond donors (Lipinski definition) is 1. The van der Waals surface area contributed by atoms with Crippen LogP contribution in [0.4, 0.5) is 18.9 Å². The predicted molar refractivity (Wildman–Crippen MR) is 127 cm³/mol. The average Bonchev–Trinajstić information content (AvgIpc) is 2.82. The Morgan fingerprint density at radius 3 is 2.29 bits per heavy atom. The van der Waals surface area contributed by atoms with Crippen molar-refractivity contribution in [2.75, 3.05) is 11.9 Å². The molecule has 0 aromatic heterocycles. The van der Waals surface area contributed by atoms with Gasteiger partial charge >= 0.3 is 12.1 Å². The van der Waals surface area contributed by atoms with E-state index in [9.17, 15) is 22.8 Å². The highest BCUT2D eigenvalue weighted by Crippen LogP contribution is 2.33. The minimum atomic E-state index is -4.59. The Hall–Kier alpha value is -3.49. The summed E-state index contributed by atoms with van der Waals surface area (Å²) in [4.78, 5) is 23.8. The summed E-state index contributed by atoms with van der Waals surface area (Å²) in [6.45, 7) is -0.334. The van der Waals surface area contributed by atoms with Crippen LogP contribution >= 0.6 is 23.2 Å². The number of hydrogen-bond acceptors (Lipinski definition) is 4. The van der Waals surface area contributed by atoms with Crippen molar-refractivity contribution in [3.63, 3.8) is 0 Å². The highest BCUT2D eigenvalue weighted by molar-refractivity contribution is 6.33. The number of anilines is 1. The van der Waals surface area contributed by atoms with E-state index < -0.39 is 30.2 Å². The fraction of sp³-hybridized carbons (Fsp3) is 0.120. The molecule has 0 radical (unpaired) electrons. The number of benzene rings is 3. The molecule has 0 bridgehead atoms. The molecule has 3 aromatic carbocycles. The van der Waals surface area contributed by atoms with Gasteiger partial charge in [-0.05, 0) is 59.7 Å². The zero-order valence-electron chi connectivity index (χ0n) is 17.9. The van der Waals surface area contributed by atoms with E-state index in [1.807, 2.05) is 12.1 Å². The number of ether oxygens (including phenoxy) is 2. The fourth-order valence-electron chi connectivity index (χ4n) is 2.76. The van der Waals surface area contributed by atoms with Crippen molar-refractivity contribution in [2.24, 2.45) is 0 Å². The second-order valence-corrected chi connectivity index (χ2v) is 8.01. The molecular weight excluding hydrogens is 506 g/mol. The molecule has 10 heteroatoms. The molecule has 0 spiro atoms. The quantitative estimate of drug-likeness (QED) is 0.261. The minimum Gasteiger partial charge on any atom is -0.489 e. The van der Waals surface area contributed by atoms with E-state index in [0.29, 0.717) is 29.0 Å². The summed E-state index contributed by atoms with van der Waals surface area (Å²) in [6, 6.07) is 16.7. The van der Waals surface area contributed by atoms with Gasteiger partial charge < -0.3 is 14.8 Å². The lowest BCUT2D eigenvalue weighted by Crippen LogP contribution is -2.20. The zero-order chi connectivity index (χ0) is 25.4. The van der Waals surface area contributed by atoms with E-state index in [2.05, 4.69) is 5.32 Å². The van der Waals surface area contributed by atoms with Gasteiger partial charge in [-0.15, -0.1) is 0 Å². The van der Waals surface area contributed by atoms with Crippen LogP contribution in [0.25, 0.3) is 6.08 Å². The van der Waals surface area contributed by atoms with Crippen molar-refractivity contribution in [3.05, 3.63) is 99.5 Å². The number of halogens is 5. The zero-order valence-corrected chi connectivity index (χ0v) is 19.5. The maximum absolute atomic E-state index is 12.8. The number of amides is 1. The Morgan fingerprint density at radius 2 is 1.63 bits per heavy atom. The number of esters is 1. The van der Waals surface area contributed by atoms with E-state index >= 15 is 0 Å². The first kappa shape index (κ1) is 26.1. The van der Waals surface area contributed by atoms with Crippen LogP contribution in [0.2, 0.25) is 10.0 Å². The third-order valence-corrected chi connectivity index (χ3v) is 5.11. The van der Waals surface area contributed by atoms with Crippen LogP contribution in [0.5, 0.6) is 5.75 Å². The van der Waals surface area contributed by atoms with Crippen LogP contribution in [0.15, 0.2) is 72.8 Å². The first-order chi connectivity index (χ1) is 16.6. The van der Waals surface area contributed by atoms with Gasteiger partial charge in [0, 0.05) is 11.1 Å². The summed E-state index contributed by atoms with van der Waals surface area (Å²) in [5.74, 6) is -1.02. The molecule has 0 saturated carbocycles. The van der Waals surface area contributed by atoms with Gasteiger partial charge in [0.1, 0.15) is 12.4 Å². The van der Waals surface area contributed by atoms with Crippen molar-refractivity contribution in [2.45, 2.75) is 12.8 Å². The normalized spacial score (nSPS) is 11.3. The van der Waals surface area contributed by atoms with Crippen molar-refractivity contribution in [1.82, 2.24) is 0 Å². The highest BCUT2D eigenvalue weighted by atomic mass is 35.5. The summed E-state index contributed by atoms with van der Waals surface area (Å²) in [7, 11) is 0. The molecule has 35 heavy (non-hydrogen) atoms. The summed E-state index contributed by atoms with van der Waals surface area (Å²) >= 11 is 11.7. The Balaban J connectivity index is 1.46. The fourth-order valence-corrected chi connectivity index (χ4v) is 3.05. The Bertz CT molecular complexity index is 1210. The Kier molecular flexibility index (Phi) is 8.78. The molecular formula is C25H18Cl2F3NO4. The number of rotatable bonds is 8. The number of nitrogens with one attached hydrogen (secondary N) is 1. The van der Waals surface area contributed by atoms with Crippen LogP contribution in [-0.4, -0.2) is 18.5 Å². The number of carbonyl (C=O) groups excluding carboxylic acids is 2. The third kappa shape index (κ3) is 8.35. The molecule has 0 atom stereocenters. The molecule has 1 amide bonds. The lowest BCUT2D eigenvalue weighted by Gasteiger charge is -2.11. The highest BCUT2D eigenvalue weighted by Gasteiger charge is 2.31. The van der Waals surface area contributed by atoms with Crippen LogP contribution in [0.1, 0.15) is 16.7 Å². The van der Waals surface area contributed by atoms with Gasteiger partial charge in [-0.3, -0.25) is 4.79 Å².